The molecule has 3 nitrogen and oxygen atoms in total. The van der Waals surface area contributed by atoms with Crippen LogP contribution in [0.4, 0.5) is 0 Å². The van der Waals surface area contributed by atoms with Gasteiger partial charge in [-0.3, -0.25) is 9.69 Å². The van der Waals surface area contributed by atoms with Crippen LogP contribution in [0.25, 0.3) is 0 Å². The van der Waals surface area contributed by atoms with Crippen LogP contribution in [0.3, 0.4) is 0 Å². The topological polar surface area (TPSA) is 40.5 Å². The largest absolute Gasteiger partial charge is 0.480 e. The van der Waals surface area contributed by atoms with Crippen molar-refractivity contribution < 1.29 is 9.90 Å². The molecule has 0 aromatic heterocycles. The molecule has 2 rings (SSSR count). The fraction of sp³-hybridized carbons (Fsp3) is 0.769. The van der Waals surface area contributed by atoms with Crippen LogP contribution in [0.1, 0.15) is 38.5 Å². The maximum absolute atomic E-state index is 11.1. The summed E-state index contributed by atoms with van der Waals surface area (Å²) in [6, 6.07) is -0.343. The molecule has 1 atom stereocenters. The third-order valence-electron chi connectivity index (χ3n) is 4.11. The number of hydrogen-bond donors (Lipinski definition) is 1. The van der Waals surface area contributed by atoms with E-state index in [9.17, 15) is 4.79 Å². The lowest BCUT2D eigenvalue weighted by Gasteiger charge is -2.54. The molecule has 0 aromatic carbocycles. The summed E-state index contributed by atoms with van der Waals surface area (Å²) >= 11 is 0. The van der Waals surface area contributed by atoms with Crippen molar-refractivity contribution in [1.82, 2.24) is 4.90 Å². The predicted octanol–water partition coefficient (Wildman–Crippen LogP) is 2.28. The van der Waals surface area contributed by atoms with Crippen LogP contribution in [0.15, 0.2) is 12.7 Å². The highest BCUT2D eigenvalue weighted by Gasteiger charge is 2.46. The van der Waals surface area contributed by atoms with Gasteiger partial charge in [-0.25, -0.2) is 0 Å². The normalized spacial score (nSPS) is 26.0. The molecular formula is C13H21NO2. The number of rotatable bonds is 4. The molecule has 90 valence electrons. The first-order valence-electron chi connectivity index (χ1n) is 6.25. The van der Waals surface area contributed by atoms with Crippen molar-refractivity contribution in [2.45, 2.75) is 44.6 Å². The fourth-order valence-electron chi connectivity index (χ4n) is 3.22. The number of aliphatic carboxylic acids is 1. The van der Waals surface area contributed by atoms with Crippen LogP contribution >= 0.6 is 0 Å². The van der Waals surface area contributed by atoms with Crippen molar-refractivity contribution in [3.8, 4) is 0 Å². The summed E-state index contributed by atoms with van der Waals surface area (Å²) in [6.07, 6.45) is 8.88. The maximum Gasteiger partial charge on any atom is 0.321 e. The number of likely N-dealkylation sites (tertiary alicyclic amines) is 1. The Balaban J connectivity index is 1.89. The Labute approximate surface area is 97.1 Å². The van der Waals surface area contributed by atoms with Gasteiger partial charge in [0.1, 0.15) is 6.04 Å². The van der Waals surface area contributed by atoms with E-state index in [0.717, 1.165) is 13.1 Å². The van der Waals surface area contributed by atoms with Gasteiger partial charge in [-0.1, -0.05) is 25.3 Å². The van der Waals surface area contributed by atoms with E-state index < -0.39 is 5.97 Å². The minimum Gasteiger partial charge on any atom is -0.480 e. The maximum atomic E-state index is 11.1. The fourth-order valence-corrected chi connectivity index (χ4v) is 3.22. The summed E-state index contributed by atoms with van der Waals surface area (Å²) in [5.41, 5.74) is 0.465. The molecule has 1 unspecified atom stereocenters. The lowest BCUT2D eigenvalue weighted by atomic mass is 9.68. The average molecular weight is 223 g/mol. The molecule has 0 radical (unpaired) electrons. The Hall–Kier alpha value is -0.830. The first-order valence-corrected chi connectivity index (χ1v) is 6.25. The van der Waals surface area contributed by atoms with Gasteiger partial charge in [0, 0.05) is 13.1 Å². The highest BCUT2D eigenvalue weighted by atomic mass is 16.4. The zero-order chi connectivity index (χ0) is 11.6. The molecule has 3 heteroatoms. The van der Waals surface area contributed by atoms with Gasteiger partial charge in [-0.05, 0) is 24.7 Å². The van der Waals surface area contributed by atoms with Crippen LogP contribution in [0, 0.1) is 5.41 Å². The SMILES string of the molecule is C=CCC(C(=O)O)N1CC2(CCCCC2)C1. The zero-order valence-corrected chi connectivity index (χ0v) is 9.82. The van der Waals surface area contributed by atoms with Crippen molar-refractivity contribution >= 4 is 5.97 Å². The summed E-state index contributed by atoms with van der Waals surface area (Å²) < 4.78 is 0. The lowest BCUT2D eigenvalue weighted by Crippen LogP contribution is -2.62. The Morgan fingerprint density at radius 2 is 2.00 bits per heavy atom. The van der Waals surface area contributed by atoms with Crippen LogP contribution < -0.4 is 0 Å². The van der Waals surface area contributed by atoms with Gasteiger partial charge in [0.15, 0.2) is 0 Å². The minimum absolute atomic E-state index is 0.343. The zero-order valence-electron chi connectivity index (χ0n) is 9.82. The summed E-state index contributed by atoms with van der Waals surface area (Å²) in [7, 11) is 0. The third kappa shape index (κ3) is 2.14. The van der Waals surface area contributed by atoms with Gasteiger partial charge in [0.05, 0.1) is 0 Å². The number of carboxylic acids is 1. The molecule has 0 aromatic rings. The molecule has 0 bridgehead atoms. The Morgan fingerprint density at radius 3 is 2.50 bits per heavy atom. The molecule has 1 spiro atoms. The summed E-state index contributed by atoms with van der Waals surface area (Å²) in [5.74, 6) is -0.703. The Kier molecular flexibility index (Phi) is 3.33. The number of nitrogens with zero attached hydrogens (tertiary/aromatic N) is 1. The van der Waals surface area contributed by atoms with E-state index in [4.69, 9.17) is 5.11 Å². The van der Waals surface area contributed by atoms with E-state index in [-0.39, 0.29) is 6.04 Å². The molecule has 1 saturated heterocycles. The van der Waals surface area contributed by atoms with Gasteiger partial charge in [0.2, 0.25) is 0 Å². The van der Waals surface area contributed by atoms with Crippen LogP contribution in [0.2, 0.25) is 0 Å². The van der Waals surface area contributed by atoms with Crippen LogP contribution in [0.5, 0.6) is 0 Å². The van der Waals surface area contributed by atoms with Gasteiger partial charge < -0.3 is 5.11 Å². The molecule has 1 heterocycles. The van der Waals surface area contributed by atoms with Crippen molar-refractivity contribution in [1.29, 1.82) is 0 Å². The predicted molar refractivity (Wildman–Crippen MR) is 63.3 cm³/mol. The van der Waals surface area contributed by atoms with Crippen molar-refractivity contribution in [2.24, 2.45) is 5.41 Å². The van der Waals surface area contributed by atoms with Crippen LogP contribution in [-0.2, 0) is 4.79 Å². The second-order valence-corrected chi connectivity index (χ2v) is 5.34. The Morgan fingerprint density at radius 1 is 1.38 bits per heavy atom. The highest BCUT2D eigenvalue weighted by molar-refractivity contribution is 5.73. The molecule has 1 aliphatic heterocycles. The number of carbonyl (C=O) groups is 1. The molecule has 2 fully saturated rings. The van der Waals surface area contributed by atoms with E-state index in [1.54, 1.807) is 6.08 Å². The monoisotopic (exact) mass is 223 g/mol. The molecule has 1 N–H and O–H groups in total. The van der Waals surface area contributed by atoms with Gasteiger partial charge >= 0.3 is 5.97 Å². The van der Waals surface area contributed by atoms with Gasteiger partial charge in [-0.15, -0.1) is 6.58 Å². The second-order valence-electron chi connectivity index (χ2n) is 5.34. The molecule has 0 amide bonds. The summed E-state index contributed by atoms with van der Waals surface area (Å²) in [6.45, 7) is 5.61. The van der Waals surface area contributed by atoms with E-state index in [0.29, 0.717) is 11.8 Å². The third-order valence-corrected chi connectivity index (χ3v) is 4.11. The lowest BCUT2D eigenvalue weighted by molar-refractivity contribution is -0.150. The minimum atomic E-state index is -0.703. The van der Waals surface area contributed by atoms with E-state index in [1.165, 1.54) is 32.1 Å². The summed E-state index contributed by atoms with van der Waals surface area (Å²) in [5, 5.41) is 9.14. The van der Waals surface area contributed by atoms with E-state index in [2.05, 4.69) is 11.5 Å². The quantitative estimate of drug-likeness (QED) is 0.743. The van der Waals surface area contributed by atoms with Crippen LogP contribution in [-0.4, -0.2) is 35.1 Å². The molecular weight excluding hydrogens is 202 g/mol. The Bertz CT molecular complexity index is 274. The summed E-state index contributed by atoms with van der Waals surface area (Å²) in [4.78, 5) is 13.2. The average Bonchev–Trinajstić information content (AvgIpc) is 2.23. The smallest absolute Gasteiger partial charge is 0.321 e. The highest BCUT2D eigenvalue weighted by Crippen LogP contribution is 2.44. The molecule has 2 aliphatic rings. The van der Waals surface area contributed by atoms with E-state index in [1.807, 2.05) is 0 Å². The first-order chi connectivity index (χ1) is 7.67. The molecule has 16 heavy (non-hydrogen) atoms. The second kappa shape index (κ2) is 4.58. The first kappa shape index (κ1) is 11.6. The molecule has 1 aliphatic carbocycles. The van der Waals surface area contributed by atoms with Crippen molar-refractivity contribution in [3.05, 3.63) is 12.7 Å². The number of carboxylic acid groups (broad SMARTS) is 1. The van der Waals surface area contributed by atoms with E-state index >= 15 is 0 Å². The van der Waals surface area contributed by atoms with Gasteiger partial charge in [-0.2, -0.15) is 0 Å². The van der Waals surface area contributed by atoms with Crippen molar-refractivity contribution in [2.75, 3.05) is 13.1 Å². The van der Waals surface area contributed by atoms with Gasteiger partial charge in [0.25, 0.3) is 0 Å². The number of hydrogen-bond acceptors (Lipinski definition) is 2. The van der Waals surface area contributed by atoms with Crippen molar-refractivity contribution in [3.63, 3.8) is 0 Å². The molecule has 1 saturated carbocycles. The standard InChI is InChI=1S/C13H21NO2/c1-2-6-11(12(15)16)14-9-13(10-14)7-4-3-5-8-13/h2,11H,1,3-10H2,(H,15,16).